The van der Waals surface area contributed by atoms with Crippen molar-refractivity contribution in [1.29, 1.82) is 0 Å². The van der Waals surface area contributed by atoms with Gasteiger partial charge in [0.2, 0.25) is 0 Å². The number of nitrogens with zero attached hydrogens (tertiary/aromatic N) is 1. The summed E-state index contributed by atoms with van der Waals surface area (Å²) in [6, 6.07) is 4.24. The minimum atomic E-state index is -4.35. The zero-order chi connectivity index (χ0) is 24.0. The molecule has 0 fully saturated rings. The fourth-order valence-corrected chi connectivity index (χ4v) is 5.38. The summed E-state index contributed by atoms with van der Waals surface area (Å²) in [5.74, 6) is 0.855. The van der Waals surface area contributed by atoms with Crippen LogP contribution in [-0.4, -0.2) is 54.0 Å². The number of halogens is 3. The maximum Gasteiger partial charge on any atom is 0.416 e. The Kier molecular flexibility index (Phi) is 9.02. The minimum Gasteiger partial charge on any atom is -0.395 e. The molecule has 1 aromatic rings. The van der Waals surface area contributed by atoms with E-state index in [1.807, 2.05) is 6.08 Å². The number of aliphatic hydroxyl groups excluding tert-OH is 2. The van der Waals surface area contributed by atoms with E-state index in [0.717, 1.165) is 37.1 Å². The molecule has 1 aromatic carbocycles. The Morgan fingerprint density at radius 2 is 1.88 bits per heavy atom. The van der Waals surface area contributed by atoms with Gasteiger partial charge < -0.3 is 15.5 Å². The lowest BCUT2D eigenvalue weighted by molar-refractivity contribution is -0.137. The van der Waals surface area contributed by atoms with Gasteiger partial charge in [-0.2, -0.15) is 13.2 Å². The van der Waals surface area contributed by atoms with Gasteiger partial charge in [0.05, 0.1) is 18.8 Å². The van der Waals surface area contributed by atoms with Gasteiger partial charge in [0.25, 0.3) is 0 Å². The van der Waals surface area contributed by atoms with Crippen LogP contribution in [-0.2, 0) is 6.18 Å². The molecule has 2 unspecified atom stereocenters. The molecule has 184 valence electrons. The van der Waals surface area contributed by atoms with Crippen molar-refractivity contribution < 1.29 is 23.4 Å². The van der Waals surface area contributed by atoms with Gasteiger partial charge in [0, 0.05) is 37.3 Å². The monoisotopic (exact) mass is 466 g/mol. The summed E-state index contributed by atoms with van der Waals surface area (Å²) in [7, 11) is 0. The third kappa shape index (κ3) is 6.61. The van der Waals surface area contributed by atoms with Crippen LogP contribution in [0.15, 0.2) is 42.5 Å². The smallest absolute Gasteiger partial charge is 0.395 e. The van der Waals surface area contributed by atoms with Crippen LogP contribution in [0.4, 0.5) is 18.9 Å². The standard InChI is InChI=1S/C26H37F3N2O2/c1-18(17-31(12-14-32)13-15-33)8-10-22-19(2)23-16-21(26(27,28)29)9-11-24(23)30-25(22)20-6-4-3-5-7-20/h3-6,9,11,16,18-20,22,25,30,32-33H,7-8,10,12-15,17H2,1-2H3/t18-,19?,20?,22-,25+/m1/s1. The van der Waals surface area contributed by atoms with E-state index in [1.54, 1.807) is 6.07 Å². The molecular weight excluding hydrogens is 429 g/mol. The Labute approximate surface area is 195 Å². The topological polar surface area (TPSA) is 55.7 Å². The lowest BCUT2D eigenvalue weighted by atomic mass is 9.70. The first kappa shape index (κ1) is 25.8. The van der Waals surface area contributed by atoms with E-state index < -0.39 is 11.7 Å². The summed E-state index contributed by atoms with van der Waals surface area (Å²) in [5, 5.41) is 22.1. The van der Waals surface area contributed by atoms with Gasteiger partial charge in [-0.25, -0.2) is 0 Å². The van der Waals surface area contributed by atoms with Crippen molar-refractivity contribution in [3.8, 4) is 0 Å². The molecule has 5 atom stereocenters. The van der Waals surface area contributed by atoms with Crippen LogP contribution in [0.1, 0.15) is 50.2 Å². The molecule has 1 aliphatic heterocycles. The molecule has 4 nitrogen and oxygen atoms in total. The Morgan fingerprint density at radius 3 is 2.48 bits per heavy atom. The molecule has 0 saturated heterocycles. The Morgan fingerprint density at radius 1 is 1.15 bits per heavy atom. The Hall–Kier alpha value is -1.83. The van der Waals surface area contributed by atoms with E-state index in [4.69, 9.17) is 0 Å². The summed E-state index contributed by atoms with van der Waals surface area (Å²) >= 11 is 0. The Bertz CT molecular complexity index is 818. The van der Waals surface area contributed by atoms with Gasteiger partial charge in [0.1, 0.15) is 0 Å². The molecule has 33 heavy (non-hydrogen) atoms. The largest absolute Gasteiger partial charge is 0.416 e. The van der Waals surface area contributed by atoms with Crippen LogP contribution >= 0.6 is 0 Å². The molecule has 0 radical (unpaired) electrons. The quantitative estimate of drug-likeness (QED) is 0.452. The molecule has 1 heterocycles. The predicted molar refractivity (Wildman–Crippen MR) is 126 cm³/mol. The third-order valence-electron chi connectivity index (χ3n) is 7.17. The lowest BCUT2D eigenvalue weighted by Crippen LogP contribution is -2.42. The van der Waals surface area contributed by atoms with Gasteiger partial charge in [-0.3, -0.25) is 4.90 Å². The van der Waals surface area contributed by atoms with E-state index in [0.29, 0.717) is 24.9 Å². The zero-order valence-corrected chi connectivity index (χ0v) is 19.6. The van der Waals surface area contributed by atoms with Crippen molar-refractivity contribution in [2.24, 2.45) is 17.8 Å². The first-order chi connectivity index (χ1) is 15.7. The highest BCUT2D eigenvalue weighted by Gasteiger charge is 2.39. The molecule has 7 heteroatoms. The number of alkyl halides is 3. The molecule has 3 N–H and O–H groups in total. The minimum absolute atomic E-state index is 0.00560. The number of benzene rings is 1. The van der Waals surface area contributed by atoms with Crippen LogP contribution in [0.2, 0.25) is 0 Å². The molecule has 0 bridgehead atoms. The molecule has 0 saturated carbocycles. The highest BCUT2D eigenvalue weighted by Crippen LogP contribution is 2.45. The fourth-order valence-electron chi connectivity index (χ4n) is 5.38. The summed E-state index contributed by atoms with van der Waals surface area (Å²) in [6.45, 7) is 6.17. The molecular formula is C26H37F3N2O2. The van der Waals surface area contributed by atoms with Crippen LogP contribution in [0.25, 0.3) is 0 Å². The average molecular weight is 467 g/mol. The highest BCUT2D eigenvalue weighted by molar-refractivity contribution is 5.58. The number of allylic oxidation sites excluding steroid dienone is 3. The normalized spacial score (nSPS) is 25.7. The molecule has 0 spiro atoms. The van der Waals surface area contributed by atoms with E-state index in [9.17, 15) is 23.4 Å². The van der Waals surface area contributed by atoms with Gasteiger partial charge in [-0.1, -0.05) is 38.2 Å². The number of rotatable bonds is 10. The van der Waals surface area contributed by atoms with E-state index >= 15 is 0 Å². The van der Waals surface area contributed by atoms with Crippen molar-refractivity contribution in [3.63, 3.8) is 0 Å². The maximum atomic E-state index is 13.4. The van der Waals surface area contributed by atoms with Crippen LogP contribution in [0, 0.1) is 17.8 Å². The SMILES string of the molecule is CC1c2cc(C(F)(F)F)ccc2N[C@@H](C2C=CC=CC2)[C@@H]1CC[C@@H](C)CN(CCO)CCO. The second kappa shape index (κ2) is 11.5. The van der Waals surface area contributed by atoms with Crippen LogP contribution < -0.4 is 5.32 Å². The van der Waals surface area contributed by atoms with Crippen molar-refractivity contribution in [1.82, 2.24) is 4.90 Å². The second-order valence-corrected chi connectivity index (χ2v) is 9.57. The molecule has 2 aliphatic rings. The predicted octanol–water partition coefficient (Wildman–Crippen LogP) is 5.05. The zero-order valence-electron chi connectivity index (χ0n) is 19.6. The van der Waals surface area contributed by atoms with Gasteiger partial charge >= 0.3 is 6.18 Å². The number of hydrogen-bond donors (Lipinski definition) is 3. The fraction of sp³-hybridized carbons (Fsp3) is 0.615. The van der Waals surface area contributed by atoms with E-state index in [2.05, 4.69) is 42.3 Å². The van der Waals surface area contributed by atoms with Gasteiger partial charge in [-0.15, -0.1) is 0 Å². The van der Waals surface area contributed by atoms with Gasteiger partial charge in [-0.05, 0) is 60.8 Å². The maximum absolute atomic E-state index is 13.4. The molecule has 1 aliphatic carbocycles. The third-order valence-corrected chi connectivity index (χ3v) is 7.17. The van der Waals surface area contributed by atoms with Gasteiger partial charge in [0.15, 0.2) is 0 Å². The van der Waals surface area contributed by atoms with Crippen LogP contribution in [0.3, 0.4) is 0 Å². The lowest BCUT2D eigenvalue weighted by Gasteiger charge is -2.43. The first-order valence-corrected chi connectivity index (χ1v) is 12.0. The number of nitrogens with one attached hydrogen (secondary N) is 1. The van der Waals surface area contributed by atoms with E-state index in [-0.39, 0.29) is 31.1 Å². The number of anilines is 1. The molecule has 0 amide bonds. The van der Waals surface area contributed by atoms with Crippen molar-refractivity contribution >= 4 is 5.69 Å². The van der Waals surface area contributed by atoms with Crippen LogP contribution in [0.5, 0.6) is 0 Å². The summed E-state index contributed by atoms with van der Waals surface area (Å²) in [6.07, 6.45) is 6.86. The molecule has 3 rings (SSSR count). The summed E-state index contributed by atoms with van der Waals surface area (Å²) in [5.41, 5.74) is 0.964. The van der Waals surface area contributed by atoms with Crippen molar-refractivity contribution in [2.75, 3.05) is 38.2 Å². The molecule has 0 aromatic heterocycles. The number of aliphatic hydroxyl groups is 2. The first-order valence-electron chi connectivity index (χ1n) is 12.0. The van der Waals surface area contributed by atoms with Crippen molar-refractivity contribution in [3.05, 3.63) is 53.6 Å². The Balaban J connectivity index is 1.79. The van der Waals surface area contributed by atoms with E-state index in [1.165, 1.54) is 12.1 Å². The average Bonchev–Trinajstić information content (AvgIpc) is 2.78. The summed E-state index contributed by atoms with van der Waals surface area (Å²) < 4.78 is 40.1. The summed E-state index contributed by atoms with van der Waals surface area (Å²) in [4.78, 5) is 2.06. The second-order valence-electron chi connectivity index (χ2n) is 9.57. The van der Waals surface area contributed by atoms with Crippen molar-refractivity contribution in [2.45, 2.75) is 51.2 Å². The number of fused-ring (bicyclic) bond motifs is 1. The highest BCUT2D eigenvalue weighted by atomic mass is 19.4. The number of hydrogen-bond acceptors (Lipinski definition) is 4.